The third kappa shape index (κ3) is 9.57. The van der Waals surface area contributed by atoms with Crippen molar-refractivity contribution >= 4 is 0 Å². The minimum absolute atomic E-state index is 0.363. The lowest BCUT2D eigenvalue weighted by Crippen LogP contribution is -2.55. The summed E-state index contributed by atoms with van der Waals surface area (Å²) >= 11 is 0. The van der Waals surface area contributed by atoms with Gasteiger partial charge in [-0.15, -0.1) is 0 Å². The Morgan fingerprint density at radius 2 is 1.65 bits per heavy atom. The molecular weight excluding hydrogens is 210 g/mol. The summed E-state index contributed by atoms with van der Waals surface area (Å²) < 4.78 is 0. The SMILES string of the molecule is CC1(C)CCCC(C)(C)N1.CCNCCCN. The molecule has 17 heavy (non-hydrogen) atoms. The standard InChI is InChI=1S/C9H19N.C5H14N2/c1-8(2)6-5-7-9(3,4)10-8;1-2-7-5-3-4-6/h10H,5-7H2,1-4H3;7H,2-6H2,1H3. The summed E-state index contributed by atoms with van der Waals surface area (Å²) in [5, 5.41) is 6.80. The molecule has 1 rings (SSSR count). The monoisotopic (exact) mass is 243 g/mol. The molecule has 1 heterocycles. The summed E-state index contributed by atoms with van der Waals surface area (Å²) in [6.07, 6.45) is 5.09. The average Bonchev–Trinajstić information content (AvgIpc) is 2.15. The molecule has 3 heteroatoms. The van der Waals surface area contributed by atoms with Crippen LogP contribution in [0.5, 0.6) is 0 Å². The average molecular weight is 243 g/mol. The molecule has 1 saturated heterocycles. The van der Waals surface area contributed by atoms with Crippen LogP contribution in [0.15, 0.2) is 0 Å². The summed E-state index contributed by atoms with van der Waals surface area (Å²) in [6.45, 7) is 14.2. The van der Waals surface area contributed by atoms with Crippen molar-refractivity contribution < 1.29 is 0 Å². The molecule has 1 aliphatic rings. The second-order valence-corrected chi connectivity index (χ2v) is 6.24. The van der Waals surface area contributed by atoms with Crippen molar-refractivity contribution in [1.82, 2.24) is 10.6 Å². The van der Waals surface area contributed by atoms with Crippen LogP contribution in [0.1, 0.15) is 60.3 Å². The van der Waals surface area contributed by atoms with Gasteiger partial charge in [0.25, 0.3) is 0 Å². The summed E-state index contributed by atoms with van der Waals surface area (Å²) in [4.78, 5) is 0. The van der Waals surface area contributed by atoms with Crippen LogP contribution < -0.4 is 16.4 Å². The number of rotatable bonds is 4. The highest BCUT2D eigenvalue weighted by molar-refractivity contribution is 4.92. The molecule has 3 nitrogen and oxygen atoms in total. The van der Waals surface area contributed by atoms with E-state index >= 15 is 0 Å². The fourth-order valence-electron chi connectivity index (χ4n) is 2.42. The van der Waals surface area contributed by atoms with Crippen molar-refractivity contribution in [3.63, 3.8) is 0 Å². The Balaban J connectivity index is 0.000000325. The molecule has 4 N–H and O–H groups in total. The largest absolute Gasteiger partial charge is 0.330 e. The Labute approximate surface area is 108 Å². The van der Waals surface area contributed by atoms with Gasteiger partial charge in [-0.05, 0) is 73.0 Å². The fraction of sp³-hybridized carbons (Fsp3) is 1.00. The minimum atomic E-state index is 0.363. The van der Waals surface area contributed by atoms with Crippen LogP contribution in [0.4, 0.5) is 0 Å². The number of nitrogens with two attached hydrogens (primary N) is 1. The molecule has 0 amide bonds. The van der Waals surface area contributed by atoms with Gasteiger partial charge in [-0.3, -0.25) is 0 Å². The maximum absolute atomic E-state index is 5.23. The number of nitrogens with one attached hydrogen (secondary N) is 2. The van der Waals surface area contributed by atoms with E-state index in [9.17, 15) is 0 Å². The van der Waals surface area contributed by atoms with Crippen LogP contribution in [0, 0.1) is 0 Å². The van der Waals surface area contributed by atoms with E-state index in [0.29, 0.717) is 11.1 Å². The molecule has 0 aliphatic carbocycles. The van der Waals surface area contributed by atoms with Gasteiger partial charge in [0.2, 0.25) is 0 Å². The predicted molar refractivity (Wildman–Crippen MR) is 77.4 cm³/mol. The van der Waals surface area contributed by atoms with Gasteiger partial charge in [-0.2, -0.15) is 0 Å². The molecule has 0 atom stereocenters. The van der Waals surface area contributed by atoms with Gasteiger partial charge in [-0.25, -0.2) is 0 Å². The molecule has 0 spiro atoms. The molecule has 0 unspecified atom stereocenters. The van der Waals surface area contributed by atoms with Crippen molar-refractivity contribution in [3.8, 4) is 0 Å². The first-order valence-corrected chi connectivity index (χ1v) is 7.03. The zero-order valence-corrected chi connectivity index (χ0v) is 12.5. The second kappa shape index (κ2) is 8.06. The van der Waals surface area contributed by atoms with E-state index in [1.54, 1.807) is 0 Å². The third-order valence-corrected chi connectivity index (χ3v) is 3.09. The van der Waals surface area contributed by atoms with E-state index in [2.05, 4.69) is 45.3 Å². The Morgan fingerprint density at radius 3 is 1.94 bits per heavy atom. The quantitative estimate of drug-likeness (QED) is 0.664. The summed E-state index contributed by atoms with van der Waals surface area (Å²) in [5.74, 6) is 0. The maximum atomic E-state index is 5.23. The predicted octanol–water partition coefficient (Wildman–Crippen LogP) is 2.26. The molecule has 104 valence electrons. The van der Waals surface area contributed by atoms with E-state index in [1.807, 2.05) is 0 Å². The lowest BCUT2D eigenvalue weighted by molar-refractivity contribution is 0.183. The van der Waals surface area contributed by atoms with E-state index in [4.69, 9.17) is 5.73 Å². The van der Waals surface area contributed by atoms with Crippen molar-refractivity contribution in [2.45, 2.75) is 71.4 Å². The molecule has 0 aromatic heterocycles. The molecule has 0 aromatic carbocycles. The highest BCUT2D eigenvalue weighted by Gasteiger charge is 2.31. The van der Waals surface area contributed by atoms with Crippen molar-refractivity contribution in [2.24, 2.45) is 5.73 Å². The van der Waals surface area contributed by atoms with Gasteiger partial charge in [0.15, 0.2) is 0 Å². The van der Waals surface area contributed by atoms with E-state index in [-0.39, 0.29) is 0 Å². The van der Waals surface area contributed by atoms with Gasteiger partial charge in [0.05, 0.1) is 0 Å². The maximum Gasteiger partial charge on any atom is 0.0130 e. The van der Waals surface area contributed by atoms with Crippen LogP contribution >= 0.6 is 0 Å². The molecular formula is C14H33N3. The summed E-state index contributed by atoms with van der Waals surface area (Å²) in [7, 11) is 0. The van der Waals surface area contributed by atoms with Crippen molar-refractivity contribution in [2.75, 3.05) is 19.6 Å². The lowest BCUT2D eigenvalue weighted by Gasteiger charge is -2.42. The van der Waals surface area contributed by atoms with Gasteiger partial charge in [-0.1, -0.05) is 6.92 Å². The smallest absolute Gasteiger partial charge is 0.0130 e. The second-order valence-electron chi connectivity index (χ2n) is 6.24. The molecule has 1 aliphatic heterocycles. The Kier molecular flexibility index (Phi) is 8.01. The fourth-order valence-corrected chi connectivity index (χ4v) is 2.42. The van der Waals surface area contributed by atoms with Crippen LogP contribution in [-0.2, 0) is 0 Å². The van der Waals surface area contributed by atoms with E-state index in [0.717, 1.165) is 26.1 Å². The Morgan fingerprint density at radius 1 is 1.12 bits per heavy atom. The van der Waals surface area contributed by atoms with Gasteiger partial charge >= 0.3 is 0 Å². The summed E-state index contributed by atoms with van der Waals surface area (Å²) in [5.41, 5.74) is 5.95. The first kappa shape index (κ1) is 16.9. The minimum Gasteiger partial charge on any atom is -0.330 e. The Hall–Kier alpha value is -0.120. The number of piperidine rings is 1. The van der Waals surface area contributed by atoms with Crippen molar-refractivity contribution in [1.29, 1.82) is 0 Å². The van der Waals surface area contributed by atoms with Crippen LogP contribution in [-0.4, -0.2) is 30.7 Å². The molecule has 0 saturated carbocycles. The lowest BCUT2D eigenvalue weighted by atomic mass is 9.83. The highest BCUT2D eigenvalue weighted by Crippen LogP contribution is 2.27. The van der Waals surface area contributed by atoms with Crippen LogP contribution in [0.2, 0.25) is 0 Å². The molecule has 0 bridgehead atoms. The Bertz CT molecular complexity index is 170. The van der Waals surface area contributed by atoms with Gasteiger partial charge in [0.1, 0.15) is 0 Å². The van der Waals surface area contributed by atoms with Crippen LogP contribution in [0.25, 0.3) is 0 Å². The van der Waals surface area contributed by atoms with Gasteiger partial charge < -0.3 is 16.4 Å². The van der Waals surface area contributed by atoms with Gasteiger partial charge in [0, 0.05) is 11.1 Å². The molecule has 0 aromatic rings. The summed E-state index contributed by atoms with van der Waals surface area (Å²) in [6, 6.07) is 0. The zero-order chi connectivity index (χ0) is 13.4. The third-order valence-electron chi connectivity index (χ3n) is 3.09. The first-order chi connectivity index (χ1) is 7.83. The molecule has 0 radical (unpaired) electrons. The van der Waals surface area contributed by atoms with Crippen molar-refractivity contribution in [3.05, 3.63) is 0 Å². The number of hydrogen-bond donors (Lipinski definition) is 3. The first-order valence-electron chi connectivity index (χ1n) is 7.03. The topological polar surface area (TPSA) is 50.1 Å². The molecule has 1 fully saturated rings. The van der Waals surface area contributed by atoms with E-state index < -0.39 is 0 Å². The normalized spacial score (nSPS) is 21.5. The highest BCUT2D eigenvalue weighted by atomic mass is 15.0. The van der Waals surface area contributed by atoms with E-state index in [1.165, 1.54) is 19.3 Å². The van der Waals surface area contributed by atoms with Crippen LogP contribution in [0.3, 0.4) is 0 Å². The zero-order valence-electron chi connectivity index (χ0n) is 12.5. The number of hydrogen-bond acceptors (Lipinski definition) is 3.